The molecule has 2 rings (SSSR count). The summed E-state index contributed by atoms with van der Waals surface area (Å²) in [5.41, 5.74) is 1.68. The normalized spacial score (nSPS) is 10.9. The van der Waals surface area contributed by atoms with Gasteiger partial charge in [0.2, 0.25) is 0 Å². The molecular weight excluding hydrogens is 259 g/mol. The van der Waals surface area contributed by atoms with E-state index in [0.29, 0.717) is 5.56 Å². The molecule has 0 unspecified atom stereocenters. The van der Waals surface area contributed by atoms with Gasteiger partial charge < -0.3 is 5.32 Å². The summed E-state index contributed by atoms with van der Waals surface area (Å²) >= 11 is 1.59. The SMILES string of the molecule is CCCNCc1sc(-c2ccccc2F)nc1CC. The lowest BCUT2D eigenvalue weighted by molar-refractivity contribution is 0.631. The maximum Gasteiger partial charge on any atom is 0.133 e. The van der Waals surface area contributed by atoms with Gasteiger partial charge in [0.25, 0.3) is 0 Å². The third-order valence-electron chi connectivity index (χ3n) is 2.93. The molecule has 1 aromatic carbocycles. The number of aryl methyl sites for hydroxylation is 1. The lowest BCUT2D eigenvalue weighted by Crippen LogP contribution is -2.13. The van der Waals surface area contributed by atoms with Gasteiger partial charge in [0.05, 0.1) is 5.69 Å². The van der Waals surface area contributed by atoms with E-state index in [2.05, 4.69) is 24.1 Å². The van der Waals surface area contributed by atoms with Crippen LogP contribution >= 0.6 is 11.3 Å². The summed E-state index contributed by atoms with van der Waals surface area (Å²) in [7, 11) is 0. The highest BCUT2D eigenvalue weighted by atomic mass is 32.1. The van der Waals surface area contributed by atoms with Crippen molar-refractivity contribution >= 4 is 11.3 Å². The van der Waals surface area contributed by atoms with Crippen LogP contribution in [0.1, 0.15) is 30.8 Å². The number of benzene rings is 1. The molecule has 102 valence electrons. The van der Waals surface area contributed by atoms with Gasteiger partial charge in [-0.25, -0.2) is 9.37 Å². The standard InChI is InChI=1S/C15H19FN2S/c1-3-9-17-10-14-13(4-2)18-15(19-14)11-7-5-6-8-12(11)16/h5-8,17H,3-4,9-10H2,1-2H3. The van der Waals surface area contributed by atoms with Gasteiger partial charge in [-0.1, -0.05) is 26.0 Å². The van der Waals surface area contributed by atoms with Crippen LogP contribution in [0, 0.1) is 5.82 Å². The third kappa shape index (κ3) is 3.39. The van der Waals surface area contributed by atoms with Gasteiger partial charge in [0.15, 0.2) is 0 Å². The lowest BCUT2D eigenvalue weighted by Gasteiger charge is -2.01. The summed E-state index contributed by atoms with van der Waals surface area (Å²) in [6.45, 7) is 6.05. The number of rotatable bonds is 6. The molecule has 4 heteroatoms. The number of hydrogen-bond donors (Lipinski definition) is 1. The quantitative estimate of drug-likeness (QED) is 0.808. The van der Waals surface area contributed by atoms with Gasteiger partial charge in [-0.3, -0.25) is 0 Å². The van der Waals surface area contributed by atoms with Crippen LogP contribution in [0.2, 0.25) is 0 Å². The summed E-state index contributed by atoms with van der Waals surface area (Å²) in [5, 5.41) is 4.16. The van der Waals surface area contributed by atoms with Gasteiger partial charge in [0.1, 0.15) is 10.8 Å². The topological polar surface area (TPSA) is 24.9 Å². The highest BCUT2D eigenvalue weighted by Gasteiger charge is 2.13. The fraction of sp³-hybridized carbons (Fsp3) is 0.400. The Balaban J connectivity index is 2.25. The molecule has 1 aromatic heterocycles. The Morgan fingerprint density at radius 3 is 2.74 bits per heavy atom. The number of nitrogens with one attached hydrogen (secondary N) is 1. The van der Waals surface area contributed by atoms with E-state index in [4.69, 9.17) is 0 Å². The van der Waals surface area contributed by atoms with Crippen molar-refractivity contribution in [2.75, 3.05) is 6.54 Å². The Morgan fingerprint density at radius 2 is 2.05 bits per heavy atom. The zero-order chi connectivity index (χ0) is 13.7. The summed E-state index contributed by atoms with van der Waals surface area (Å²) in [6, 6.07) is 6.82. The van der Waals surface area contributed by atoms with Gasteiger partial charge in [-0.15, -0.1) is 11.3 Å². The van der Waals surface area contributed by atoms with Crippen molar-refractivity contribution in [3.8, 4) is 10.6 Å². The molecule has 2 nitrogen and oxygen atoms in total. The van der Waals surface area contributed by atoms with E-state index < -0.39 is 0 Å². The van der Waals surface area contributed by atoms with Crippen LogP contribution < -0.4 is 5.32 Å². The van der Waals surface area contributed by atoms with E-state index in [1.165, 1.54) is 10.9 Å². The summed E-state index contributed by atoms with van der Waals surface area (Å²) in [6.07, 6.45) is 1.99. The van der Waals surface area contributed by atoms with E-state index >= 15 is 0 Å². The fourth-order valence-corrected chi connectivity index (χ4v) is 3.07. The molecule has 0 spiro atoms. The summed E-state index contributed by atoms with van der Waals surface area (Å²) in [5.74, 6) is -0.202. The van der Waals surface area contributed by atoms with E-state index in [0.717, 1.165) is 36.6 Å². The average Bonchev–Trinajstić information content (AvgIpc) is 2.83. The van der Waals surface area contributed by atoms with E-state index in [9.17, 15) is 4.39 Å². The third-order valence-corrected chi connectivity index (χ3v) is 4.06. The molecular formula is C15H19FN2S. The van der Waals surface area contributed by atoms with Crippen molar-refractivity contribution in [2.24, 2.45) is 0 Å². The molecule has 0 amide bonds. The van der Waals surface area contributed by atoms with E-state index in [1.807, 2.05) is 6.07 Å². The molecule has 0 fully saturated rings. The highest BCUT2D eigenvalue weighted by Crippen LogP contribution is 2.30. The first-order valence-corrected chi connectivity index (χ1v) is 7.52. The molecule has 0 saturated carbocycles. The number of hydrogen-bond acceptors (Lipinski definition) is 3. The van der Waals surface area contributed by atoms with Gasteiger partial charge in [-0.2, -0.15) is 0 Å². The second kappa shape index (κ2) is 6.78. The second-order valence-electron chi connectivity index (χ2n) is 4.40. The zero-order valence-electron chi connectivity index (χ0n) is 11.4. The predicted molar refractivity (Wildman–Crippen MR) is 78.9 cm³/mol. The molecule has 0 aliphatic carbocycles. The molecule has 0 saturated heterocycles. The zero-order valence-corrected chi connectivity index (χ0v) is 12.2. The molecule has 0 aliphatic rings. The van der Waals surface area contributed by atoms with Crippen LogP contribution in [0.15, 0.2) is 24.3 Å². The maximum absolute atomic E-state index is 13.8. The van der Waals surface area contributed by atoms with E-state index in [-0.39, 0.29) is 5.82 Å². The first-order valence-electron chi connectivity index (χ1n) is 6.70. The number of nitrogens with zero attached hydrogens (tertiary/aromatic N) is 1. The predicted octanol–water partition coefficient (Wildman–Crippen LogP) is 4.01. The van der Waals surface area contributed by atoms with Crippen LogP contribution in [-0.4, -0.2) is 11.5 Å². The lowest BCUT2D eigenvalue weighted by atomic mass is 10.2. The highest BCUT2D eigenvalue weighted by molar-refractivity contribution is 7.15. The van der Waals surface area contributed by atoms with Crippen molar-refractivity contribution in [3.63, 3.8) is 0 Å². The molecule has 0 aliphatic heterocycles. The van der Waals surface area contributed by atoms with Crippen molar-refractivity contribution in [3.05, 3.63) is 40.7 Å². The Labute approximate surface area is 117 Å². The number of aromatic nitrogens is 1. The Hall–Kier alpha value is -1.26. The number of thiazole rings is 1. The minimum absolute atomic E-state index is 0.202. The summed E-state index contributed by atoms with van der Waals surface area (Å²) in [4.78, 5) is 5.79. The Kier molecular flexibility index (Phi) is 5.05. The van der Waals surface area contributed by atoms with Crippen molar-refractivity contribution in [1.29, 1.82) is 0 Å². The van der Waals surface area contributed by atoms with Crippen molar-refractivity contribution in [2.45, 2.75) is 33.2 Å². The minimum atomic E-state index is -0.202. The molecule has 0 atom stereocenters. The van der Waals surface area contributed by atoms with Crippen molar-refractivity contribution in [1.82, 2.24) is 10.3 Å². The summed E-state index contributed by atoms with van der Waals surface area (Å²) < 4.78 is 13.8. The van der Waals surface area contributed by atoms with Crippen LogP contribution in [0.3, 0.4) is 0 Å². The Morgan fingerprint density at radius 1 is 1.26 bits per heavy atom. The first kappa shape index (κ1) is 14.2. The maximum atomic E-state index is 13.8. The monoisotopic (exact) mass is 278 g/mol. The molecule has 1 N–H and O–H groups in total. The first-order chi connectivity index (χ1) is 9.26. The van der Waals surface area contributed by atoms with Crippen LogP contribution in [-0.2, 0) is 13.0 Å². The Bertz CT molecular complexity index is 537. The van der Waals surface area contributed by atoms with Crippen LogP contribution in [0.25, 0.3) is 10.6 Å². The van der Waals surface area contributed by atoms with Gasteiger partial charge in [0, 0.05) is 17.0 Å². The largest absolute Gasteiger partial charge is 0.312 e. The molecule has 0 bridgehead atoms. The van der Waals surface area contributed by atoms with Gasteiger partial charge in [-0.05, 0) is 31.5 Å². The molecule has 2 aromatic rings. The van der Waals surface area contributed by atoms with Crippen molar-refractivity contribution < 1.29 is 4.39 Å². The fourth-order valence-electron chi connectivity index (χ4n) is 1.93. The van der Waals surface area contributed by atoms with Crippen LogP contribution in [0.4, 0.5) is 4.39 Å². The van der Waals surface area contributed by atoms with Crippen LogP contribution in [0.5, 0.6) is 0 Å². The smallest absolute Gasteiger partial charge is 0.133 e. The molecule has 19 heavy (non-hydrogen) atoms. The average molecular weight is 278 g/mol. The van der Waals surface area contributed by atoms with E-state index in [1.54, 1.807) is 23.5 Å². The number of halogens is 1. The molecule has 0 radical (unpaired) electrons. The molecule has 1 heterocycles. The second-order valence-corrected chi connectivity index (χ2v) is 5.48. The minimum Gasteiger partial charge on any atom is -0.312 e. The van der Waals surface area contributed by atoms with Gasteiger partial charge >= 0.3 is 0 Å².